The number of nitrogens with zero attached hydrogens (tertiary/aromatic N) is 1. The molecule has 1 fully saturated rings. The number of esters is 1. The number of carboxylic acid groups (broad SMARTS) is 1. The van der Waals surface area contributed by atoms with Crippen LogP contribution in [0.25, 0.3) is 0 Å². The number of ether oxygens (including phenoxy) is 1. The fourth-order valence-corrected chi connectivity index (χ4v) is 3.99. The summed E-state index contributed by atoms with van der Waals surface area (Å²) in [6.07, 6.45) is 0.424. The molecule has 9 heteroatoms. The lowest BCUT2D eigenvalue weighted by atomic mass is 9.92. The number of hydrogen-bond acceptors (Lipinski definition) is 6. The van der Waals surface area contributed by atoms with Crippen LogP contribution in [0, 0.1) is 11.8 Å². The van der Waals surface area contributed by atoms with Gasteiger partial charge in [0.2, 0.25) is 10.9 Å². The first-order valence-electron chi connectivity index (χ1n) is 6.66. The van der Waals surface area contributed by atoms with Gasteiger partial charge in [-0.05, 0) is 24.5 Å². The van der Waals surface area contributed by atoms with E-state index in [9.17, 15) is 18.0 Å². The summed E-state index contributed by atoms with van der Waals surface area (Å²) in [5, 5.41) is 8.72. The van der Waals surface area contributed by atoms with Gasteiger partial charge in [-0.3, -0.25) is 4.79 Å². The number of piperidine rings is 1. The van der Waals surface area contributed by atoms with E-state index in [-0.39, 0.29) is 24.8 Å². The summed E-state index contributed by atoms with van der Waals surface area (Å²) in [6, 6.07) is 2.37. The van der Waals surface area contributed by atoms with Crippen LogP contribution in [-0.4, -0.2) is 50.0 Å². The van der Waals surface area contributed by atoms with Gasteiger partial charge in [-0.25, -0.2) is 13.2 Å². The van der Waals surface area contributed by atoms with E-state index in [1.165, 1.54) is 6.07 Å². The molecule has 0 amide bonds. The number of furan rings is 1. The zero-order valence-electron chi connectivity index (χ0n) is 12.2. The second-order valence-electron chi connectivity index (χ2n) is 5.31. The van der Waals surface area contributed by atoms with Crippen LogP contribution >= 0.6 is 0 Å². The zero-order chi connectivity index (χ0) is 16.5. The number of carboxylic acids is 1. The fourth-order valence-electron chi connectivity index (χ4n) is 2.47. The molecule has 2 unspecified atom stereocenters. The minimum Gasteiger partial charge on any atom is -0.481 e. The molecule has 2 heterocycles. The Morgan fingerprint density at radius 3 is 2.64 bits per heavy atom. The van der Waals surface area contributed by atoms with Crippen LogP contribution in [0.15, 0.2) is 21.6 Å². The molecule has 1 aliphatic heterocycles. The van der Waals surface area contributed by atoms with Gasteiger partial charge in [0.25, 0.3) is 10.0 Å². The van der Waals surface area contributed by atoms with Crippen molar-refractivity contribution >= 4 is 22.0 Å². The molecule has 0 radical (unpaired) electrons. The molecule has 0 aliphatic carbocycles. The smallest absolute Gasteiger partial charge is 0.374 e. The van der Waals surface area contributed by atoms with Crippen molar-refractivity contribution in [1.82, 2.24) is 4.31 Å². The Balaban J connectivity index is 2.27. The first kappa shape index (κ1) is 16.5. The Hall–Kier alpha value is -1.87. The highest BCUT2D eigenvalue weighted by atomic mass is 32.2. The number of methoxy groups -OCH3 is 1. The summed E-state index contributed by atoms with van der Waals surface area (Å²) in [5.41, 5.74) is 0. The maximum absolute atomic E-state index is 12.5. The Morgan fingerprint density at radius 1 is 1.36 bits per heavy atom. The van der Waals surface area contributed by atoms with Gasteiger partial charge in [-0.15, -0.1) is 0 Å². The number of hydrogen-bond donors (Lipinski definition) is 1. The SMILES string of the molecule is COC(=O)c1ccc(S(=O)(=O)N2CC(C)CC(C(=O)O)C2)o1. The van der Waals surface area contributed by atoms with Crippen LogP contribution < -0.4 is 0 Å². The summed E-state index contributed by atoms with van der Waals surface area (Å²) in [7, 11) is -2.83. The lowest BCUT2D eigenvalue weighted by molar-refractivity contribution is -0.143. The van der Waals surface area contributed by atoms with Crippen molar-refractivity contribution in [2.75, 3.05) is 20.2 Å². The molecule has 2 rings (SSSR count). The predicted octanol–water partition coefficient (Wildman–Crippen LogP) is 0.798. The first-order chi connectivity index (χ1) is 10.3. The maximum Gasteiger partial charge on any atom is 0.374 e. The van der Waals surface area contributed by atoms with Crippen molar-refractivity contribution in [3.8, 4) is 0 Å². The monoisotopic (exact) mass is 331 g/mol. The molecule has 1 aromatic rings. The topological polar surface area (TPSA) is 114 Å². The van der Waals surface area contributed by atoms with Crippen molar-refractivity contribution in [1.29, 1.82) is 0 Å². The largest absolute Gasteiger partial charge is 0.481 e. The molecular weight excluding hydrogens is 314 g/mol. The van der Waals surface area contributed by atoms with Gasteiger partial charge in [-0.2, -0.15) is 4.31 Å². The van der Waals surface area contributed by atoms with Crippen LogP contribution in [0.4, 0.5) is 0 Å². The standard InChI is InChI=1S/C13H17NO7S/c1-8-5-9(12(15)16)7-14(6-8)22(18,19)11-4-3-10(21-11)13(17)20-2/h3-4,8-9H,5-7H2,1-2H3,(H,15,16). The number of carbonyl (C=O) groups excluding carboxylic acids is 1. The second kappa shape index (κ2) is 6.09. The molecule has 22 heavy (non-hydrogen) atoms. The molecule has 1 N–H and O–H groups in total. The molecular formula is C13H17NO7S. The van der Waals surface area contributed by atoms with Crippen molar-refractivity contribution in [3.05, 3.63) is 17.9 Å². The van der Waals surface area contributed by atoms with Crippen LogP contribution in [0.3, 0.4) is 0 Å². The van der Waals surface area contributed by atoms with Gasteiger partial charge in [-0.1, -0.05) is 6.92 Å². The van der Waals surface area contributed by atoms with E-state index >= 15 is 0 Å². The lowest BCUT2D eigenvalue weighted by Crippen LogP contribution is -2.45. The molecule has 1 aromatic heterocycles. The van der Waals surface area contributed by atoms with Gasteiger partial charge in [0, 0.05) is 13.1 Å². The number of rotatable bonds is 4. The van der Waals surface area contributed by atoms with Crippen molar-refractivity contribution in [2.45, 2.75) is 18.4 Å². The minimum atomic E-state index is -3.99. The number of sulfonamides is 1. The predicted molar refractivity (Wildman–Crippen MR) is 73.7 cm³/mol. The van der Waals surface area contributed by atoms with Crippen LogP contribution in [0.1, 0.15) is 23.9 Å². The van der Waals surface area contributed by atoms with E-state index in [0.29, 0.717) is 6.42 Å². The molecule has 1 aliphatic rings. The van der Waals surface area contributed by atoms with Crippen molar-refractivity contribution in [2.24, 2.45) is 11.8 Å². The van der Waals surface area contributed by atoms with Crippen LogP contribution in [-0.2, 0) is 19.6 Å². The van der Waals surface area contributed by atoms with Crippen LogP contribution in [0.2, 0.25) is 0 Å². The second-order valence-corrected chi connectivity index (χ2v) is 7.18. The van der Waals surface area contributed by atoms with E-state index in [1.54, 1.807) is 6.92 Å². The van der Waals surface area contributed by atoms with E-state index in [2.05, 4.69) is 4.74 Å². The van der Waals surface area contributed by atoms with Gasteiger partial charge in [0.15, 0.2) is 0 Å². The third kappa shape index (κ3) is 3.14. The lowest BCUT2D eigenvalue weighted by Gasteiger charge is -2.33. The highest BCUT2D eigenvalue weighted by Crippen LogP contribution is 2.28. The van der Waals surface area contributed by atoms with Crippen molar-refractivity contribution < 1.29 is 32.3 Å². The van der Waals surface area contributed by atoms with E-state index in [1.807, 2.05) is 0 Å². The molecule has 1 saturated heterocycles. The summed E-state index contributed by atoms with van der Waals surface area (Å²) in [4.78, 5) is 22.5. The van der Waals surface area contributed by atoms with E-state index in [0.717, 1.165) is 17.5 Å². The average Bonchev–Trinajstić information content (AvgIpc) is 2.96. The summed E-state index contributed by atoms with van der Waals surface area (Å²) in [6.45, 7) is 1.89. The maximum atomic E-state index is 12.5. The Morgan fingerprint density at radius 2 is 2.05 bits per heavy atom. The number of aliphatic carboxylic acids is 1. The minimum absolute atomic E-state index is 0.0836. The fraction of sp³-hybridized carbons (Fsp3) is 0.538. The molecule has 122 valence electrons. The van der Waals surface area contributed by atoms with Gasteiger partial charge >= 0.3 is 11.9 Å². The highest BCUT2D eigenvalue weighted by Gasteiger charge is 2.37. The van der Waals surface area contributed by atoms with E-state index < -0.39 is 33.0 Å². The summed E-state index contributed by atoms with van der Waals surface area (Å²) in [5.74, 6) is -2.87. The molecule has 0 spiro atoms. The Kier molecular flexibility index (Phi) is 4.57. The molecule has 0 bridgehead atoms. The van der Waals surface area contributed by atoms with Gasteiger partial charge < -0.3 is 14.3 Å². The third-order valence-electron chi connectivity index (χ3n) is 3.54. The Labute approximate surface area is 127 Å². The summed E-state index contributed by atoms with van der Waals surface area (Å²) < 4.78 is 35.6. The average molecular weight is 331 g/mol. The molecule has 0 aromatic carbocycles. The summed E-state index contributed by atoms with van der Waals surface area (Å²) >= 11 is 0. The Bertz CT molecular complexity index is 678. The number of carbonyl (C=O) groups is 2. The molecule has 8 nitrogen and oxygen atoms in total. The van der Waals surface area contributed by atoms with Crippen LogP contribution in [0.5, 0.6) is 0 Å². The quantitative estimate of drug-likeness (QED) is 0.811. The zero-order valence-corrected chi connectivity index (χ0v) is 13.0. The van der Waals surface area contributed by atoms with Gasteiger partial charge in [0.1, 0.15) is 0 Å². The van der Waals surface area contributed by atoms with E-state index in [4.69, 9.17) is 9.52 Å². The first-order valence-corrected chi connectivity index (χ1v) is 8.10. The van der Waals surface area contributed by atoms with Gasteiger partial charge in [0.05, 0.1) is 13.0 Å². The molecule has 0 saturated carbocycles. The third-order valence-corrected chi connectivity index (χ3v) is 5.24. The molecule has 2 atom stereocenters. The van der Waals surface area contributed by atoms with Crippen molar-refractivity contribution in [3.63, 3.8) is 0 Å². The highest BCUT2D eigenvalue weighted by molar-refractivity contribution is 7.89. The normalized spacial score (nSPS) is 23.2.